The van der Waals surface area contributed by atoms with E-state index in [4.69, 9.17) is 16.3 Å². The minimum atomic E-state index is 0.482. The van der Waals surface area contributed by atoms with Crippen LogP contribution in [0.3, 0.4) is 0 Å². The van der Waals surface area contributed by atoms with E-state index in [1.54, 1.807) is 0 Å². The lowest BCUT2D eigenvalue weighted by Gasteiger charge is -2.09. The van der Waals surface area contributed by atoms with Gasteiger partial charge in [-0.3, -0.25) is 0 Å². The summed E-state index contributed by atoms with van der Waals surface area (Å²) in [5, 5.41) is 1.11. The predicted octanol–water partition coefficient (Wildman–Crippen LogP) is 5.32. The molecule has 0 saturated carbocycles. The highest BCUT2D eigenvalue weighted by molar-refractivity contribution is 6.18. The number of pyridine rings is 1. The fourth-order valence-electron chi connectivity index (χ4n) is 2.29. The zero-order valence-corrected chi connectivity index (χ0v) is 12.8. The molecule has 1 aromatic carbocycles. The highest BCUT2D eigenvalue weighted by Crippen LogP contribution is 2.23. The summed E-state index contributed by atoms with van der Waals surface area (Å²) in [7, 11) is 0. The Labute approximate surface area is 126 Å². The number of fused-ring (bicyclic) bond motifs is 1. The van der Waals surface area contributed by atoms with E-state index in [1.165, 1.54) is 25.7 Å². The first-order chi connectivity index (χ1) is 9.85. The summed E-state index contributed by atoms with van der Waals surface area (Å²) in [4.78, 5) is 4.54. The van der Waals surface area contributed by atoms with Gasteiger partial charge >= 0.3 is 0 Å². The van der Waals surface area contributed by atoms with E-state index < -0.39 is 0 Å². The molecule has 0 amide bonds. The van der Waals surface area contributed by atoms with Gasteiger partial charge in [0.05, 0.1) is 12.1 Å². The molecule has 0 spiro atoms. The average Bonchev–Trinajstić information content (AvgIpc) is 2.50. The molecule has 0 atom stereocenters. The minimum absolute atomic E-state index is 0.482. The highest BCUT2D eigenvalue weighted by atomic mass is 35.5. The Morgan fingerprint density at radius 2 is 1.90 bits per heavy atom. The van der Waals surface area contributed by atoms with E-state index in [9.17, 15) is 0 Å². The van der Waals surface area contributed by atoms with Gasteiger partial charge in [-0.05, 0) is 18.1 Å². The second-order valence-electron chi connectivity index (χ2n) is 5.03. The van der Waals surface area contributed by atoms with Crippen LogP contribution in [0.5, 0.6) is 5.88 Å². The summed E-state index contributed by atoms with van der Waals surface area (Å²) in [6, 6.07) is 10.0. The Bertz CT molecular complexity index is 542. The molecule has 0 aliphatic rings. The summed E-state index contributed by atoms with van der Waals surface area (Å²) < 4.78 is 5.77. The third kappa shape index (κ3) is 4.11. The average molecular weight is 292 g/mol. The van der Waals surface area contributed by atoms with Crippen molar-refractivity contribution in [2.75, 3.05) is 6.61 Å². The molecular formula is C17H22ClNO. The molecule has 0 fully saturated rings. The molecule has 0 N–H and O–H groups in total. The van der Waals surface area contributed by atoms with Gasteiger partial charge in [0, 0.05) is 17.3 Å². The van der Waals surface area contributed by atoms with Gasteiger partial charge in [0.25, 0.3) is 0 Å². The van der Waals surface area contributed by atoms with Gasteiger partial charge in [0.2, 0.25) is 5.88 Å². The number of para-hydroxylation sites is 1. The number of ether oxygens (including phenoxy) is 1. The Hall–Kier alpha value is -1.28. The van der Waals surface area contributed by atoms with Crippen molar-refractivity contribution in [2.45, 2.75) is 44.9 Å². The van der Waals surface area contributed by atoms with Crippen LogP contribution in [0, 0.1) is 0 Å². The number of unbranched alkanes of at least 4 members (excludes halogenated alkanes) is 4. The molecule has 0 bridgehead atoms. The van der Waals surface area contributed by atoms with E-state index >= 15 is 0 Å². The first-order valence-electron chi connectivity index (χ1n) is 7.42. The Kier molecular flexibility index (Phi) is 6.13. The first kappa shape index (κ1) is 15.1. The van der Waals surface area contributed by atoms with Crippen LogP contribution < -0.4 is 4.74 Å². The van der Waals surface area contributed by atoms with Crippen LogP contribution in [-0.4, -0.2) is 11.6 Å². The lowest BCUT2D eigenvalue weighted by atomic mass is 10.1. The Balaban J connectivity index is 1.96. The van der Waals surface area contributed by atoms with Crippen molar-refractivity contribution >= 4 is 22.5 Å². The van der Waals surface area contributed by atoms with Crippen molar-refractivity contribution in [3.63, 3.8) is 0 Å². The molecule has 2 aromatic rings. The molecule has 3 heteroatoms. The van der Waals surface area contributed by atoms with Crippen molar-refractivity contribution in [1.29, 1.82) is 0 Å². The maximum Gasteiger partial charge on any atom is 0.214 e. The molecule has 0 aliphatic carbocycles. The molecule has 20 heavy (non-hydrogen) atoms. The normalized spacial score (nSPS) is 10.9. The van der Waals surface area contributed by atoms with E-state index in [0.29, 0.717) is 11.8 Å². The number of hydrogen-bond donors (Lipinski definition) is 0. The zero-order valence-electron chi connectivity index (χ0n) is 12.1. The number of benzene rings is 1. The van der Waals surface area contributed by atoms with E-state index in [-0.39, 0.29) is 0 Å². The Morgan fingerprint density at radius 3 is 2.70 bits per heavy atom. The van der Waals surface area contributed by atoms with E-state index in [2.05, 4.69) is 18.0 Å². The minimum Gasteiger partial charge on any atom is -0.478 e. The van der Waals surface area contributed by atoms with Crippen molar-refractivity contribution in [1.82, 2.24) is 4.98 Å². The summed E-state index contributed by atoms with van der Waals surface area (Å²) >= 11 is 6.01. The van der Waals surface area contributed by atoms with Gasteiger partial charge in [-0.1, -0.05) is 50.8 Å². The molecule has 2 nitrogen and oxygen atoms in total. The van der Waals surface area contributed by atoms with Crippen LogP contribution in [0.15, 0.2) is 30.3 Å². The van der Waals surface area contributed by atoms with Gasteiger partial charge in [0.15, 0.2) is 0 Å². The van der Waals surface area contributed by atoms with E-state index in [1.807, 2.05) is 24.3 Å². The van der Waals surface area contributed by atoms with Crippen LogP contribution in [0.4, 0.5) is 0 Å². The van der Waals surface area contributed by atoms with E-state index in [0.717, 1.165) is 29.5 Å². The second kappa shape index (κ2) is 8.11. The molecule has 2 rings (SSSR count). The van der Waals surface area contributed by atoms with Crippen LogP contribution in [-0.2, 0) is 5.88 Å². The smallest absolute Gasteiger partial charge is 0.214 e. The third-order valence-electron chi connectivity index (χ3n) is 3.42. The van der Waals surface area contributed by atoms with Gasteiger partial charge < -0.3 is 4.74 Å². The SMILES string of the molecule is CCCCCCCOc1cc(CCl)c2ccccc2n1. The van der Waals surface area contributed by atoms with Crippen molar-refractivity contribution < 1.29 is 4.74 Å². The number of aromatic nitrogens is 1. The fourth-order valence-corrected chi connectivity index (χ4v) is 2.51. The van der Waals surface area contributed by atoms with Crippen LogP contribution in [0.25, 0.3) is 10.9 Å². The highest BCUT2D eigenvalue weighted by Gasteiger charge is 2.05. The quantitative estimate of drug-likeness (QED) is 0.485. The molecule has 108 valence electrons. The lowest BCUT2D eigenvalue weighted by Crippen LogP contribution is -2.00. The maximum atomic E-state index is 6.01. The summed E-state index contributed by atoms with van der Waals surface area (Å²) in [6.45, 7) is 2.96. The maximum absolute atomic E-state index is 6.01. The van der Waals surface area contributed by atoms with Crippen LogP contribution in [0.2, 0.25) is 0 Å². The number of nitrogens with zero attached hydrogens (tertiary/aromatic N) is 1. The molecular weight excluding hydrogens is 270 g/mol. The largest absolute Gasteiger partial charge is 0.478 e. The number of halogens is 1. The van der Waals surface area contributed by atoms with Gasteiger partial charge in [-0.2, -0.15) is 0 Å². The molecule has 1 heterocycles. The first-order valence-corrected chi connectivity index (χ1v) is 7.96. The topological polar surface area (TPSA) is 22.1 Å². The number of rotatable bonds is 8. The Morgan fingerprint density at radius 1 is 1.10 bits per heavy atom. The molecule has 0 radical (unpaired) electrons. The van der Waals surface area contributed by atoms with Crippen LogP contribution in [0.1, 0.15) is 44.6 Å². The predicted molar refractivity (Wildman–Crippen MR) is 85.6 cm³/mol. The van der Waals surface area contributed by atoms with Crippen molar-refractivity contribution in [3.8, 4) is 5.88 Å². The standard InChI is InChI=1S/C17H22ClNO/c1-2-3-4-5-8-11-20-17-12-14(13-18)15-9-6-7-10-16(15)19-17/h6-7,9-10,12H,2-5,8,11,13H2,1H3. The summed E-state index contributed by atoms with van der Waals surface area (Å²) in [5.74, 6) is 1.17. The summed E-state index contributed by atoms with van der Waals surface area (Å²) in [6.07, 6.45) is 6.18. The monoisotopic (exact) mass is 291 g/mol. The summed E-state index contributed by atoms with van der Waals surface area (Å²) in [5.41, 5.74) is 2.03. The molecule has 0 unspecified atom stereocenters. The van der Waals surface area contributed by atoms with Gasteiger partial charge in [0.1, 0.15) is 0 Å². The number of alkyl halides is 1. The number of hydrogen-bond acceptors (Lipinski definition) is 2. The van der Waals surface area contributed by atoms with Crippen molar-refractivity contribution in [3.05, 3.63) is 35.9 Å². The van der Waals surface area contributed by atoms with Gasteiger partial charge in [-0.15, -0.1) is 11.6 Å². The molecule has 1 aromatic heterocycles. The van der Waals surface area contributed by atoms with Crippen LogP contribution >= 0.6 is 11.6 Å². The molecule has 0 saturated heterocycles. The second-order valence-corrected chi connectivity index (χ2v) is 5.30. The molecule has 0 aliphatic heterocycles. The fraction of sp³-hybridized carbons (Fsp3) is 0.471. The third-order valence-corrected chi connectivity index (χ3v) is 3.71. The lowest BCUT2D eigenvalue weighted by molar-refractivity contribution is 0.294. The zero-order chi connectivity index (χ0) is 14.2. The van der Waals surface area contributed by atoms with Gasteiger partial charge in [-0.25, -0.2) is 4.98 Å². The van der Waals surface area contributed by atoms with Crippen molar-refractivity contribution in [2.24, 2.45) is 0 Å².